The second-order valence-electron chi connectivity index (χ2n) is 7.42. The smallest absolute Gasteiger partial charge is 0.304 e. The van der Waals surface area contributed by atoms with Crippen molar-refractivity contribution in [3.05, 3.63) is 64.1 Å². The van der Waals surface area contributed by atoms with Gasteiger partial charge in [-0.2, -0.15) is 12.7 Å². The normalized spacial score (nSPS) is 12.3. The Bertz CT molecular complexity index is 1060. The van der Waals surface area contributed by atoms with Gasteiger partial charge in [-0.25, -0.2) is 4.31 Å². The van der Waals surface area contributed by atoms with Crippen molar-refractivity contribution in [2.75, 3.05) is 31.5 Å². The largest absolute Gasteiger partial charge is 0.355 e. The summed E-state index contributed by atoms with van der Waals surface area (Å²) in [4.78, 5) is 27.4. The van der Waals surface area contributed by atoms with Crippen LogP contribution in [-0.2, 0) is 26.3 Å². The lowest BCUT2D eigenvalue weighted by Gasteiger charge is -2.33. The number of likely N-dealkylation sites (N-methyl/N-ethyl adjacent to an activating group) is 1. The van der Waals surface area contributed by atoms with Gasteiger partial charge in [-0.05, 0) is 38.1 Å². The molecular formula is C22H28Cl2N4O4S. The Morgan fingerprint density at radius 3 is 2.09 bits per heavy atom. The molecule has 1 unspecified atom stereocenters. The minimum Gasteiger partial charge on any atom is -0.355 e. The van der Waals surface area contributed by atoms with E-state index in [1.165, 1.54) is 19.0 Å². The van der Waals surface area contributed by atoms with Crippen LogP contribution in [0.1, 0.15) is 19.4 Å². The zero-order chi connectivity index (χ0) is 24.8. The fraction of sp³-hybridized carbons (Fsp3) is 0.364. The van der Waals surface area contributed by atoms with Crippen LogP contribution in [0.25, 0.3) is 0 Å². The molecule has 0 aliphatic carbocycles. The fourth-order valence-corrected chi connectivity index (χ4v) is 4.64. The third-order valence-corrected chi connectivity index (χ3v) is 7.50. The van der Waals surface area contributed by atoms with Crippen LogP contribution in [0.4, 0.5) is 5.69 Å². The summed E-state index contributed by atoms with van der Waals surface area (Å²) in [5.74, 6) is -0.963. The molecule has 33 heavy (non-hydrogen) atoms. The highest BCUT2D eigenvalue weighted by atomic mass is 35.5. The molecule has 0 spiro atoms. The number of para-hydroxylation sites is 1. The van der Waals surface area contributed by atoms with Crippen molar-refractivity contribution in [1.29, 1.82) is 0 Å². The molecule has 0 bridgehead atoms. The molecule has 2 amide bonds. The molecule has 8 nitrogen and oxygen atoms in total. The molecule has 2 aromatic rings. The highest BCUT2D eigenvalue weighted by Gasteiger charge is 2.33. The molecule has 0 aromatic heterocycles. The molecule has 1 atom stereocenters. The van der Waals surface area contributed by atoms with E-state index in [-0.39, 0.29) is 12.5 Å². The summed E-state index contributed by atoms with van der Waals surface area (Å²) in [6, 6.07) is 12.3. The van der Waals surface area contributed by atoms with Crippen LogP contribution >= 0.6 is 23.2 Å². The molecule has 0 aliphatic heterocycles. The number of halogens is 2. The maximum absolute atomic E-state index is 13.5. The molecule has 0 aliphatic rings. The zero-order valence-electron chi connectivity index (χ0n) is 19.0. The summed E-state index contributed by atoms with van der Waals surface area (Å²) in [5, 5.41) is 3.36. The summed E-state index contributed by atoms with van der Waals surface area (Å²) >= 11 is 12.6. The van der Waals surface area contributed by atoms with Crippen LogP contribution in [-0.4, -0.2) is 62.7 Å². The second-order valence-corrected chi connectivity index (χ2v) is 10.3. The number of carbonyl (C=O) groups is 2. The van der Waals surface area contributed by atoms with Crippen molar-refractivity contribution in [1.82, 2.24) is 14.5 Å². The van der Waals surface area contributed by atoms with Gasteiger partial charge in [0.2, 0.25) is 11.8 Å². The van der Waals surface area contributed by atoms with E-state index < -0.39 is 28.7 Å². The molecule has 1 N–H and O–H groups in total. The number of hydrogen-bond donors (Lipinski definition) is 1. The minimum atomic E-state index is -4.00. The number of anilines is 1. The van der Waals surface area contributed by atoms with E-state index in [0.717, 1.165) is 8.61 Å². The highest BCUT2D eigenvalue weighted by Crippen LogP contribution is 2.27. The van der Waals surface area contributed by atoms with Crippen LogP contribution in [0.3, 0.4) is 0 Å². The van der Waals surface area contributed by atoms with Gasteiger partial charge >= 0.3 is 10.2 Å². The van der Waals surface area contributed by atoms with Crippen LogP contribution in [0.15, 0.2) is 48.5 Å². The summed E-state index contributed by atoms with van der Waals surface area (Å²) in [5.41, 5.74) is 0.785. The zero-order valence-corrected chi connectivity index (χ0v) is 21.3. The van der Waals surface area contributed by atoms with Crippen molar-refractivity contribution in [2.45, 2.75) is 26.4 Å². The number of hydrogen-bond acceptors (Lipinski definition) is 4. The Labute approximate surface area is 205 Å². The average molecular weight is 515 g/mol. The van der Waals surface area contributed by atoms with Crippen molar-refractivity contribution in [3.8, 4) is 0 Å². The molecule has 2 aromatic carbocycles. The first-order valence-corrected chi connectivity index (χ1v) is 12.4. The van der Waals surface area contributed by atoms with Crippen LogP contribution in [0, 0.1) is 0 Å². The van der Waals surface area contributed by atoms with Gasteiger partial charge < -0.3 is 10.2 Å². The van der Waals surface area contributed by atoms with Crippen LogP contribution < -0.4 is 9.62 Å². The molecular weight excluding hydrogens is 487 g/mol. The monoisotopic (exact) mass is 514 g/mol. The summed E-state index contributed by atoms with van der Waals surface area (Å²) in [7, 11) is -1.23. The van der Waals surface area contributed by atoms with Crippen LogP contribution in [0.5, 0.6) is 0 Å². The first-order chi connectivity index (χ1) is 15.5. The van der Waals surface area contributed by atoms with E-state index in [4.69, 9.17) is 23.2 Å². The molecule has 0 heterocycles. The predicted octanol–water partition coefficient (Wildman–Crippen LogP) is 3.16. The molecule has 0 saturated carbocycles. The predicted molar refractivity (Wildman–Crippen MR) is 132 cm³/mol. The molecule has 180 valence electrons. The first-order valence-electron chi connectivity index (χ1n) is 10.3. The van der Waals surface area contributed by atoms with Gasteiger partial charge in [0.05, 0.1) is 5.69 Å². The van der Waals surface area contributed by atoms with Crippen molar-refractivity contribution in [3.63, 3.8) is 0 Å². The summed E-state index contributed by atoms with van der Waals surface area (Å²) < 4.78 is 28.1. The van der Waals surface area contributed by atoms with E-state index in [9.17, 15) is 18.0 Å². The van der Waals surface area contributed by atoms with Gasteiger partial charge in [0.25, 0.3) is 0 Å². The molecule has 0 saturated heterocycles. The third kappa shape index (κ3) is 6.60. The Balaban J connectivity index is 2.48. The number of benzene rings is 2. The van der Waals surface area contributed by atoms with Gasteiger partial charge in [-0.1, -0.05) is 47.5 Å². The van der Waals surface area contributed by atoms with Gasteiger partial charge in [0.1, 0.15) is 12.6 Å². The van der Waals surface area contributed by atoms with E-state index in [1.807, 2.05) is 0 Å². The molecule has 0 fully saturated rings. The van der Waals surface area contributed by atoms with Crippen LogP contribution in [0.2, 0.25) is 10.0 Å². The SMILES string of the molecule is CCNC(=O)C(C)N(Cc1c(Cl)cccc1Cl)C(=O)CN(c1ccccc1)S(=O)(=O)N(C)C. The lowest BCUT2D eigenvalue weighted by Crippen LogP contribution is -2.52. The molecule has 11 heteroatoms. The Morgan fingerprint density at radius 1 is 1.00 bits per heavy atom. The van der Waals surface area contributed by atoms with Gasteiger partial charge in [-0.15, -0.1) is 0 Å². The lowest BCUT2D eigenvalue weighted by molar-refractivity contribution is -0.139. The van der Waals surface area contributed by atoms with Gasteiger partial charge in [0, 0.05) is 42.8 Å². The minimum absolute atomic E-state index is 0.0692. The Morgan fingerprint density at radius 2 is 1.58 bits per heavy atom. The van der Waals surface area contributed by atoms with E-state index in [2.05, 4.69) is 5.32 Å². The first kappa shape index (κ1) is 26.9. The van der Waals surface area contributed by atoms with E-state index in [0.29, 0.717) is 27.8 Å². The van der Waals surface area contributed by atoms with Gasteiger partial charge in [-0.3, -0.25) is 9.59 Å². The second kappa shape index (κ2) is 11.7. The number of nitrogens with zero attached hydrogens (tertiary/aromatic N) is 3. The maximum atomic E-state index is 13.5. The average Bonchev–Trinajstić information content (AvgIpc) is 2.77. The van der Waals surface area contributed by atoms with Gasteiger partial charge in [0.15, 0.2) is 0 Å². The van der Waals surface area contributed by atoms with Crippen molar-refractivity contribution >= 4 is 50.9 Å². The number of rotatable bonds is 10. The summed E-state index contributed by atoms with van der Waals surface area (Å²) in [6.07, 6.45) is 0. The number of nitrogens with one attached hydrogen (secondary N) is 1. The third-order valence-electron chi connectivity index (χ3n) is 4.97. The number of carbonyl (C=O) groups excluding carboxylic acids is 2. The lowest BCUT2D eigenvalue weighted by atomic mass is 10.1. The topological polar surface area (TPSA) is 90.0 Å². The molecule has 0 radical (unpaired) electrons. The molecule has 2 rings (SSSR count). The Hall–Kier alpha value is -2.33. The van der Waals surface area contributed by atoms with Crippen molar-refractivity contribution in [2.24, 2.45) is 0 Å². The number of amides is 2. The highest BCUT2D eigenvalue weighted by molar-refractivity contribution is 7.90. The maximum Gasteiger partial charge on any atom is 0.304 e. The standard InChI is InChI=1S/C22H28Cl2N4O4S/c1-5-25-22(30)16(2)27(14-18-19(23)12-9-13-20(18)24)21(29)15-28(33(31,32)26(3)4)17-10-7-6-8-11-17/h6-13,16H,5,14-15H2,1-4H3,(H,25,30). The van der Waals surface area contributed by atoms with E-state index >= 15 is 0 Å². The van der Waals surface area contributed by atoms with E-state index in [1.54, 1.807) is 62.4 Å². The van der Waals surface area contributed by atoms with Crippen molar-refractivity contribution < 1.29 is 18.0 Å². The fourth-order valence-electron chi connectivity index (χ4n) is 3.07. The summed E-state index contributed by atoms with van der Waals surface area (Å²) in [6.45, 7) is 3.13. The Kier molecular flexibility index (Phi) is 9.54. The quantitative estimate of drug-likeness (QED) is 0.527.